The molecule has 0 aliphatic rings. The lowest BCUT2D eigenvalue weighted by Crippen LogP contribution is -2.23. The summed E-state index contributed by atoms with van der Waals surface area (Å²) in [6, 6.07) is 4.60. The van der Waals surface area contributed by atoms with Crippen molar-refractivity contribution in [3.05, 3.63) is 33.8 Å². The van der Waals surface area contributed by atoms with Crippen LogP contribution in [0.3, 0.4) is 0 Å². The minimum atomic E-state index is -0.669. The molecule has 0 radical (unpaired) electrons. The van der Waals surface area contributed by atoms with Crippen LogP contribution in [0.1, 0.15) is 18.5 Å². The van der Waals surface area contributed by atoms with Gasteiger partial charge in [-0.15, -0.1) is 0 Å². The molecule has 0 bridgehead atoms. The number of hydrogen-bond donors (Lipinski definition) is 2. The minimum absolute atomic E-state index is 0.487. The summed E-state index contributed by atoms with van der Waals surface area (Å²) < 4.78 is 0. The van der Waals surface area contributed by atoms with Crippen molar-refractivity contribution in [3.8, 4) is 0 Å². The third-order valence-corrected chi connectivity index (χ3v) is 2.51. The normalized spacial score (nSPS) is 15.5. The van der Waals surface area contributed by atoms with Crippen LogP contribution in [0.15, 0.2) is 18.2 Å². The zero-order valence-corrected chi connectivity index (χ0v) is 8.68. The Hall–Kier alpha value is -0.280. The number of aliphatic hydroxyl groups excluding tert-OH is 1. The Bertz CT molecular complexity index is 281. The maximum Gasteiger partial charge on any atom is 0.0705 e. The topological polar surface area (TPSA) is 46.2 Å². The smallest absolute Gasteiger partial charge is 0.0705 e. The molecular formula is C9H11Cl2NO. The molecule has 13 heavy (non-hydrogen) atoms. The molecule has 0 unspecified atom stereocenters. The second-order valence-electron chi connectivity index (χ2n) is 2.90. The van der Waals surface area contributed by atoms with Crippen LogP contribution in [0.4, 0.5) is 0 Å². The first kappa shape index (κ1) is 10.8. The van der Waals surface area contributed by atoms with E-state index < -0.39 is 12.1 Å². The molecule has 2 nitrogen and oxygen atoms in total. The molecule has 0 aromatic heterocycles. The van der Waals surface area contributed by atoms with Crippen LogP contribution < -0.4 is 5.73 Å². The van der Waals surface area contributed by atoms with Crippen LogP contribution >= 0.6 is 23.2 Å². The molecule has 0 aliphatic heterocycles. The zero-order chi connectivity index (χ0) is 10.0. The molecule has 4 heteroatoms. The molecule has 1 rings (SSSR count). The van der Waals surface area contributed by atoms with Gasteiger partial charge in [0.1, 0.15) is 0 Å². The van der Waals surface area contributed by atoms with Gasteiger partial charge in [0, 0.05) is 15.6 Å². The SMILES string of the molecule is C[C@@H](O)[C@H](N)c1c(Cl)cccc1Cl. The quantitative estimate of drug-likeness (QED) is 0.803. The summed E-state index contributed by atoms with van der Waals surface area (Å²) in [6.45, 7) is 1.60. The highest BCUT2D eigenvalue weighted by Crippen LogP contribution is 2.30. The van der Waals surface area contributed by atoms with E-state index in [1.807, 2.05) is 0 Å². The van der Waals surface area contributed by atoms with Gasteiger partial charge in [0.05, 0.1) is 12.1 Å². The Labute approximate surface area is 87.3 Å². The van der Waals surface area contributed by atoms with Crippen LogP contribution in [-0.2, 0) is 0 Å². The molecule has 2 atom stereocenters. The number of rotatable bonds is 2. The van der Waals surface area contributed by atoms with E-state index in [2.05, 4.69) is 0 Å². The highest BCUT2D eigenvalue weighted by molar-refractivity contribution is 6.36. The maximum absolute atomic E-state index is 9.28. The van der Waals surface area contributed by atoms with Gasteiger partial charge in [-0.3, -0.25) is 0 Å². The molecule has 72 valence electrons. The van der Waals surface area contributed by atoms with E-state index in [9.17, 15) is 5.11 Å². The van der Waals surface area contributed by atoms with Gasteiger partial charge in [-0.2, -0.15) is 0 Å². The monoisotopic (exact) mass is 219 g/mol. The van der Waals surface area contributed by atoms with E-state index in [1.165, 1.54) is 0 Å². The van der Waals surface area contributed by atoms with E-state index >= 15 is 0 Å². The number of nitrogens with two attached hydrogens (primary N) is 1. The molecule has 0 heterocycles. The minimum Gasteiger partial charge on any atom is -0.391 e. The van der Waals surface area contributed by atoms with Gasteiger partial charge < -0.3 is 10.8 Å². The van der Waals surface area contributed by atoms with E-state index in [4.69, 9.17) is 28.9 Å². The van der Waals surface area contributed by atoms with Gasteiger partial charge in [0.25, 0.3) is 0 Å². The number of halogens is 2. The average molecular weight is 220 g/mol. The summed E-state index contributed by atoms with van der Waals surface area (Å²) in [6.07, 6.45) is -0.669. The molecule has 0 spiro atoms. The number of benzene rings is 1. The van der Waals surface area contributed by atoms with Gasteiger partial charge in [-0.1, -0.05) is 29.3 Å². The van der Waals surface area contributed by atoms with Crippen molar-refractivity contribution in [1.82, 2.24) is 0 Å². The second-order valence-corrected chi connectivity index (χ2v) is 3.72. The first-order chi connectivity index (χ1) is 6.04. The molecule has 0 saturated carbocycles. The summed E-state index contributed by atoms with van der Waals surface area (Å²) >= 11 is 11.8. The first-order valence-electron chi connectivity index (χ1n) is 3.91. The summed E-state index contributed by atoms with van der Waals surface area (Å²) in [5, 5.41) is 10.3. The Morgan fingerprint density at radius 2 is 1.77 bits per heavy atom. The van der Waals surface area contributed by atoms with E-state index in [1.54, 1.807) is 25.1 Å². The van der Waals surface area contributed by atoms with Crippen molar-refractivity contribution in [2.75, 3.05) is 0 Å². The van der Waals surface area contributed by atoms with Crippen molar-refractivity contribution < 1.29 is 5.11 Å². The fourth-order valence-corrected chi connectivity index (χ4v) is 1.72. The van der Waals surface area contributed by atoms with Crippen LogP contribution in [0.2, 0.25) is 10.0 Å². The van der Waals surface area contributed by atoms with Gasteiger partial charge in [0.2, 0.25) is 0 Å². The van der Waals surface area contributed by atoms with E-state index in [0.717, 1.165) is 0 Å². The lowest BCUT2D eigenvalue weighted by atomic mass is 10.0. The Kier molecular flexibility index (Phi) is 3.56. The van der Waals surface area contributed by atoms with Crippen molar-refractivity contribution >= 4 is 23.2 Å². The highest BCUT2D eigenvalue weighted by Gasteiger charge is 2.17. The summed E-state index contributed by atoms with van der Waals surface area (Å²) in [7, 11) is 0. The first-order valence-corrected chi connectivity index (χ1v) is 4.67. The molecule has 1 aromatic rings. The second kappa shape index (κ2) is 4.29. The molecule has 0 amide bonds. The van der Waals surface area contributed by atoms with Gasteiger partial charge in [-0.25, -0.2) is 0 Å². The predicted octanol–water partition coefficient (Wildman–Crippen LogP) is 2.37. The third kappa shape index (κ3) is 2.35. The Balaban J connectivity index is 3.12. The van der Waals surface area contributed by atoms with Gasteiger partial charge in [-0.05, 0) is 19.1 Å². The lowest BCUT2D eigenvalue weighted by Gasteiger charge is -2.17. The van der Waals surface area contributed by atoms with Crippen molar-refractivity contribution in [3.63, 3.8) is 0 Å². The standard InChI is InChI=1S/C9H11Cl2NO/c1-5(13)9(12)8-6(10)3-2-4-7(8)11/h2-5,9,13H,12H2,1H3/t5-,9+/m1/s1. The highest BCUT2D eigenvalue weighted by atomic mass is 35.5. The average Bonchev–Trinajstić information content (AvgIpc) is 2.03. The van der Waals surface area contributed by atoms with E-state index in [-0.39, 0.29) is 0 Å². The molecule has 0 aliphatic carbocycles. The Morgan fingerprint density at radius 3 is 2.15 bits per heavy atom. The van der Waals surface area contributed by atoms with E-state index in [0.29, 0.717) is 15.6 Å². The lowest BCUT2D eigenvalue weighted by molar-refractivity contribution is 0.164. The summed E-state index contributed by atoms with van der Waals surface area (Å²) in [4.78, 5) is 0. The fraction of sp³-hybridized carbons (Fsp3) is 0.333. The molecule has 3 N–H and O–H groups in total. The molecule has 1 aromatic carbocycles. The maximum atomic E-state index is 9.28. The van der Waals surface area contributed by atoms with Gasteiger partial charge >= 0.3 is 0 Å². The van der Waals surface area contributed by atoms with Gasteiger partial charge in [0.15, 0.2) is 0 Å². The fourth-order valence-electron chi connectivity index (χ4n) is 1.07. The summed E-state index contributed by atoms with van der Waals surface area (Å²) in [5.74, 6) is 0. The number of hydrogen-bond acceptors (Lipinski definition) is 2. The van der Waals surface area contributed by atoms with Crippen LogP contribution in [0.5, 0.6) is 0 Å². The van der Waals surface area contributed by atoms with Crippen molar-refractivity contribution in [2.24, 2.45) is 5.73 Å². The van der Waals surface area contributed by atoms with Crippen LogP contribution in [0, 0.1) is 0 Å². The molecule has 0 saturated heterocycles. The number of aliphatic hydroxyl groups is 1. The molecule has 0 fully saturated rings. The third-order valence-electron chi connectivity index (χ3n) is 1.85. The van der Waals surface area contributed by atoms with Crippen molar-refractivity contribution in [1.29, 1.82) is 0 Å². The van der Waals surface area contributed by atoms with Crippen LogP contribution in [0.25, 0.3) is 0 Å². The van der Waals surface area contributed by atoms with Crippen molar-refractivity contribution in [2.45, 2.75) is 19.1 Å². The Morgan fingerprint density at radius 1 is 1.31 bits per heavy atom. The van der Waals surface area contributed by atoms with Crippen LogP contribution in [-0.4, -0.2) is 11.2 Å². The summed E-state index contributed by atoms with van der Waals surface area (Å²) in [5.41, 5.74) is 6.32. The zero-order valence-electron chi connectivity index (χ0n) is 7.17. The largest absolute Gasteiger partial charge is 0.391 e. The predicted molar refractivity (Wildman–Crippen MR) is 55.1 cm³/mol. The molecular weight excluding hydrogens is 209 g/mol.